The van der Waals surface area contributed by atoms with Gasteiger partial charge in [0.25, 0.3) is 0 Å². The molecule has 0 aliphatic rings. The molecule has 0 radical (unpaired) electrons. The fraction of sp³-hybridized carbons (Fsp3) is 0.182. The molecular weight excluding hydrogens is 391 g/mol. The van der Waals surface area contributed by atoms with Crippen LogP contribution in [0, 0.1) is 6.92 Å². The molecule has 0 atom stereocenters. The van der Waals surface area contributed by atoms with Crippen molar-refractivity contribution in [1.29, 1.82) is 0 Å². The summed E-state index contributed by atoms with van der Waals surface area (Å²) in [6.45, 7) is 1.63. The minimum atomic E-state index is -3.86. The van der Waals surface area contributed by atoms with Crippen LogP contribution in [0.25, 0.3) is 0 Å². The zero-order valence-corrected chi connectivity index (χ0v) is 14.1. The van der Waals surface area contributed by atoms with Crippen LogP contribution >= 0.6 is 39.1 Å². The lowest BCUT2D eigenvalue weighted by atomic mass is 10.4. The van der Waals surface area contributed by atoms with Gasteiger partial charge >= 0.3 is 0 Å². The maximum absolute atomic E-state index is 12.2. The summed E-state index contributed by atoms with van der Waals surface area (Å²) in [6, 6.07) is 2.91. The SMILES string of the molecule is Cc1cnc(CNS(=O)(=O)c2c(Cl)cc(Br)cc2Cl)o1. The number of nitrogens with zero attached hydrogens (tertiary/aromatic N) is 1. The number of rotatable bonds is 4. The molecule has 0 unspecified atom stereocenters. The maximum Gasteiger partial charge on any atom is 0.244 e. The molecule has 0 bridgehead atoms. The van der Waals surface area contributed by atoms with Gasteiger partial charge < -0.3 is 4.42 Å². The molecule has 1 N–H and O–H groups in total. The van der Waals surface area contributed by atoms with Crippen LogP contribution in [-0.4, -0.2) is 13.4 Å². The highest BCUT2D eigenvalue weighted by Gasteiger charge is 2.22. The molecule has 0 amide bonds. The number of sulfonamides is 1. The second-order valence-corrected chi connectivity index (χ2v) is 7.32. The van der Waals surface area contributed by atoms with Gasteiger partial charge in [-0.2, -0.15) is 0 Å². The minimum Gasteiger partial charge on any atom is -0.445 e. The molecule has 5 nitrogen and oxygen atoms in total. The molecule has 2 aromatic rings. The van der Waals surface area contributed by atoms with Crippen LogP contribution in [-0.2, 0) is 16.6 Å². The van der Waals surface area contributed by atoms with E-state index in [9.17, 15) is 8.42 Å². The first-order valence-corrected chi connectivity index (χ1v) is 8.38. The van der Waals surface area contributed by atoms with Crippen molar-refractivity contribution in [2.24, 2.45) is 0 Å². The highest BCUT2D eigenvalue weighted by molar-refractivity contribution is 9.10. The van der Waals surface area contributed by atoms with E-state index in [1.807, 2.05) is 0 Å². The molecule has 0 fully saturated rings. The van der Waals surface area contributed by atoms with Gasteiger partial charge in [0.15, 0.2) is 0 Å². The van der Waals surface area contributed by atoms with Crippen molar-refractivity contribution in [3.63, 3.8) is 0 Å². The van der Waals surface area contributed by atoms with E-state index in [2.05, 4.69) is 25.6 Å². The summed E-state index contributed by atoms with van der Waals surface area (Å²) in [5.41, 5.74) is 0. The average molecular weight is 400 g/mol. The zero-order valence-electron chi connectivity index (χ0n) is 10.2. The number of nitrogens with one attached hydrogen (secondary N) is 1. The predicted molar refractivity (Wildman–Crippen MR) is 79.4 cm³/mol. The molecule has 0 saturated heterocycles. The summed E-state index contributed by atoms with van der Waals surface area (Å²) in [5, 5.41) is 0.0564. The first kappa shape index (κ1) is 15.8. The van der Waals surface area contributed by atoms with E-state index < -0.39 is 10.0 Å². The number of aromatic nitrogens is 1. The summed E-state index contributed by atoms with van der Waals surface area (Å²) in [6.07, 6.45) is 1.50. The number of aryl methyl sites for hydroxylation is 1. The Balaban J connectivity index is 2.27. The van der Waals surface area contributed by atoms with E-state index in [-0.39, 0.29) is 27.4 Å². The predicted octanol–water partition coefficient (Wildman–Crippen LogP) is 3.53. The van der Waals surface area contributed by atoms with Gasteiger partial charge in [-0.15, -0.1) is 0 Å². The maximum atomic E-state index is 12.2. The van der Waals surface area contributed by atoms with Crippen molar-refractivity contribution < 1.29 is 12.8 Å². The third-order valence-electron chi connectivity index (χ3n) is 2.31. The Morgan fingerprint density at radius 3 is 2.45 bits per heavy atom. The molecule has 1 heterocycles. The van der Waals surface area contributed by atoms with E-state index in [1.165, 1.54) is 18.3 Å². The van der Waals surface area contributed by atoms with Crippen molar-refractivity contribution in [1.82, 2.24) is 9.71 Å². The molecule has 0 saturated carbocycles. The lowest BCUT2D eigenvalue weighted by Gasteiger charge is -2.09. The summed E-state index contributed by atoms with van der Waals surface area (Å²) in [5.74, 6) is 0.856. The number of halogens is 3. The Bertz CT molecular complexity index is 723. The highest BCUT2D eigenvalue weighted by atomic mass is 79.9. The van der Waals surface area contributed by atoms with Crippen molar-refractivity contribution in [3.8, 4) is 0 Å². The lowest BCUT2D eigenvalue weighted by molar-refractivity contribution is 0.463. The van der Waals surface area contributed by atoms with Crippen molar-refractivity contribution >= 4 is 49.2 Å². The highest BCUT2D eigenvalue weighted by Crippen LogP contribution is 2.32. The van der Waals surface area contributed by atoms with E-state index >= 15 is 0 Å². The third kappa shape index (κ3) is 3.53. The van der Waals surface area contributed by atoms with Crippen molar-refractivity contribution in [2.45, 2.75) is 18.4 Å². The van der Waals surface area contributed by atoms with Crippen molar-refractivity contribution in [2.75, 3.05) is 0 Å². The van der Waals surface area contributed by atoms with Gasteiger partial charge in [0.2, 0.25) is 15.9 Å². The van der Waals surface area contributed by atoms with Crippen LogP contribution < -0.4 is 4.72 Å². The molecule has 0 aliphatic carbocycles. The molecule has 1 aromatic heterocycles. The molecule has 1 aromatic carbocycles. The van der Waals surface area contributed by atoms with E-state index in [0.717, 1.165) is 0 Å². The fourth-order valence-electron chi connectivity index (χ4n) is 1.50. The largest absolute Gasteiger partial charge is 0.445 e. The third-order valence-corrected chi connectivity index (χ3v) is 5.09. The van der Waals surface area contributed by atoms with Crippen LogP contribution in [0.3, 0.4) is 0 Å². The summed E-state index contributed by atoms with van der Waals surface area (Å²) < 4.78 is 32.5. The standard InChI is InChI=1S/C11H9BrCl2N2O3S/c1-6-4-15-10(19-6)5-16-20(17,18)11-8(13)2-7(12)3-9(11)14/h2-4,16H,5H2,1H3. The lowest BCUT2D eigenvalue weighted by Crippen LogP contribution is -2.24. The number of hydrogen-bond acceptors (Lipinski definition) is 4. The van der Waals surface area contributed by atoms with Crippen LogP contribution in [0.4, 0.5) is 0 Å². The Morgan fingerprint density at radius 1 is 1.35 bits per heavy atom. The van der Waals surface area contributed by atoms with E-state index in [0.29, 0.717) is 10.2 Å². The number of hydrogen-bond donors (Lipinski definition) is 1. The molecule has 0 spiro atoms. The Hall–Kier alpha value is -0.600. The van der Waals surface area contributed by atoms with Crippen LogP contribution in [0.2, 0.25) is 10.0 Å². The molecule has 0 aliphatic heterocycles. The Labute approximate surface area is 134 Å². The minimum absolute atomic E-state index is 0.0282. The number of oxazole rings is 1. The van der Waals surface area contributed by atoms with Gasteiger partial charge in [-0.25, -0.2) is 18.1 Å². The summed E-state index contributed by atoms with van der Waals surface area (Å²) in [7, 11) is -3.86. The van der Waals surface area contributed by atoms with Crippen LogP contribution in [0.15, 0.2) is 32.1 Å². The quantitative estimate of drug-likeness (QED) is 0.853. The van der Waals surface area contributed by atoms with Gasteiger partial charge in [0.05, 0.1) is 22.8 Å². The number of benzene rings is 1. The molecular formula is C11H9BrCl2N2O3S. The van der Waals surface area contributed by atoms with E-state index in [4.69, 9.17) is 27.6 Å². The average Bonchev–Trinajstić information content (AvgIpc) is 2.71. The smallest absolute Gasteiger partial charge is 0.244 e. The van der Waals surface area contributed by atoms with Crippen LogP contribution in [0.5, 0.6) is 0 Å². The molecule has 20 heavy (non-hydrogen) atoms. The summed E-state index contributed by atoms with van der Waals surface area (Å²) in [4.78, 5) is 3.73. The second kappa shape index (κ2) is 6.03. The Kier molecular flexibility index (Phi) is 4.76. The molecule has 2 rings (SSSR count). The monoisotopic (exact) mass is 398 g/mol. The second-order valence-electron chi connectivity index (χ2n) is 3.89. The van der Waals surface area contributed by atoms with Crippen molar-refractivity contribution in [3.05, 3.63) is 44.5 Å². The van der Waals surface area contributed by atoms with Gasteiger partial charge in [-0.3, -0.25) is 0 Å². The summed E-state index contributed by atoms with van der Waals surface area (Å²) >= 11 is 15.0. The Morgan fingerprint density at radius 2 is 1.95 bits per heavy atom. The fourth-order valence-corrected chi connectivity index (χ4v) is 4.40. The normalized spacial score (nSPS) is 11.8. The molecule has 9 heteroatoms. The van der Waals surface area contributed by atoms with Gasteiger partial charge in [-0.05, 0) is 19.1 Å². The first-order valence-electron chi connectivity index (χ1n) is 5.35. The van der Waals surface area contributed by atoms with E-state index in [1.54, 1.807) is 6.92 Å². The van der Waals surface area contributed by atoms with Crippen LogP contribution in [0.1, 0.15) is 11.7 Å². The van der Waals surface area contributed by atoms with Gasteiger partial charge in [0, 0.05) is 4.47 Å². The van der Waals surface area contributed by atoms with Gasteiger partial charge in [0.1, 0.15) is 10.7 Å². The zero-order chi connectivity index (χ0) is 14.9. The topological polar surface area (TPSA) is 72.2 Å². The first-order chi connectivity index (χ1) is 9.29. The van der Waals surface area contributed by atoms with Gasteiger partial charge in [-0.1, -0.05) is 39.1 Å². The molecule has 108 valence electrons.